The van der Waals surface area contributed by atoms with Gasteiger partial charge < -0.3 is 9.74 Å². The molecule has 0 saturated carbocycles. The number of nitrogens with one attached hydrogen (secondary N) is 1. The first-order chi connectivity index (χ1) is 11.3. The number of benzene rings is 1. The highest BCUT2D eigenvalue weighted by molar-refractivity contribution is 6.74. The van der Waals surface area contributed by atoms with Crippen LogP contribution < -0.4 is 5.32 Å². The van der Waals surface area contributed by atoms with Gasteiger partial charge in [-0.3, -0.25) is 20.2 Å². The normalized spacial score (nSPS) is 13.5. The van der Waals surface area contributed by atoms with Crippen molar-refractivity contribution in [3.05, 3.63) is 44.0 Å². The Morgan fingerprint density at radius 3 is 2.28 bits per heavy atom. The minimum Gasteiger partial charge on any atom is -0.413 e. The van der Waals surface area contributed by atoms with Crippen LogP contribution in [0.3, 0.4) is 0 Å². The minimum absolute atomic E-state index is 0.0296. The van der Waals surface area contributed by atoms with Crippen molar-refractivity contribution in [2.75, 3.05) is 6.54 Å². The second-order valence-corrected chi connectivity index (χ2v) is 12.4. The van der Waals surface area contributed by atoms with Crippen LogP contribution in [0.2, 0.25) is 18.1 Å². The Balaban J connectivity index is 2.70. The Morgan fingerprint density at radius 1 is 1.20 bits per heavy atom. The van der Waals surface area contributed by atoms with Crippen LogP contribution in [0, 0.1) is 20.2 Å². The summed E-state index contributed by atoms with van der Waals surface area (Å²) in [6.07, 6.45) is -0.0296. The van der Waals surface area contributed by atoms with Crippen LogP contribution in [0.4, 0.5) is 11.4 Å². The van der Waals surface area contributed by atoms with Crippen molar-refractivity contribution in [3.63, 3.8) is 0 Å². The third kappa shape index (κ3) is 5.87. The van der Waals surface area contributed by atoms with E-state index in [4.69, 9.17) is 4.43 Å². The van der Waals surface area contributed by atoms with Gasteiger partial charge in [-0.2, -0.15) is 0 Å². The molecule has 1 rings (SSSR count). The molecule has 1 unspecified atom stereocenters. The fourth-order valence-electron chi connectivity index (χ4n) is 2.12. The van der Waals surface area contributed by atoms with Gasteiger partial charge in [0.1, 0.15) is 0 Å². The zero-order valence-corrected chi connectivity index (χ0v) is 16.7. The fourth-order valence-corrected chi connectivity index (χ4v) is 3.56. The lowest BCUT2D eigenvalue weighted by atomic mass is 10.1. The molecule has 0 aliphatic rings. The molecule has 0 heterocycles. The van der Waals surface area contributed by atoms with E-state index in [1.165, 1.54) is 12.1 Å². The predicted octanol–water partition coefficient (Wildman–Crippen LogP) is 4.00. The largest absolute Gasteiger partial charge is 0.413 e. The predicted molar refractivity (Wildman–Crippen MR) is 99.2 cm³/mol. The van der Waals surface area contributed by atoms with Crippen molar-refractivity contribution in [1.29, 1.82) is 0 Å². The monoisotopic (exact) mass is 369 g/mol. The number of hydrogen-bond acceptors (Lipinski definition) is 6. The molecule has 0 fully saturated rings. The highest BCUT2D eigenvalue weighted by Gasteiger charge is 2.38. The molecule has 8 nitrogen and oxygen atoms in total. The van der Waals surface area contributed by atoms with E-state index in [1.807, 2.05) is 6.92 Å². The summed E-state index contributed by atoms with van der Waals surface area (Å²) in [6, 6.07) is 3.69. The lowest BCUT2D eigenvalue weighted by molar-refractivity contribution is -0.394. The van der Waals surface area contributed by atoms with Crippen molar-refractivity contribution in [1.82, 2.24) is 5.32 Å². The summed E-state index contributed by atoms with van der Waals surface area (Å²) in [5, 5.41) is 25.1. The van der Waals surface area contributed by atoms with Crippen molar-refractivity contribution in [3.8, 4) is 0 Å². The number of nitro benzene ring substituents is 2. The second-order valence-electron chi connectivity index (χ2n) is 7.65. The van der Waals surface area contributed by atoms with Crippen molar-refractivity contribution in [2.24, 2.45) is 0 Å². The minimum atomic E-state index is -1.87. The van der Waals surface area contributed by atoms with E-state index < -0.39 is 18.2 Å². The number of hydrogen-bond donors (Lipinski definition) is 1. The van der Waals surface area contributed by atoms with E-state index in [2.05, 4.69) is 39.2 Å². The van der Waals surface area contributed by atoms with Crippen LogP contribution in [0.1, 0.15) is 33.3 Å². The maximum atomic E-state index is 11.1. The van der Waals surface area contributed by atoms with Gasteiger partial charge in [0.25, 0.3) is 11.4 Å². The number of nitrogens with zero attached hydrogens (tertiary/aromatic N) is 2. The number of non-ortho nitro benzene ring substituents is 1. The van der Waals surface area contributed by atoms with Crippen LogP contribution in [0.15, 0.2) is 18.2 Å². The standard InChI is InChI=1S/C16H27N3O5Si/c1-12(24-25(5,6)16(2,3)4)10-17-11-13-7-8-14(18(20)21)9-15(13)19(22)23/h7-9,12,17H,10-11H2,1-6H3. The Kier molecular flexibility index (Phi) is 6.80. The Labute approximate surface area is 149 Å². The van der Waals surface area contributed by atoms with Gasteiger partial charge in [-0.15, -0.1) is 0 Å². The summed E-state index contributed by atoms with van der Waals surface area (Å²) in [4.78, 5) is 20.6. The molecule has 0 amide bonds. The second kappa shape index (κ2) is 8.02. The van der Waals surface area contributed by atoms with Gasteiger partial charge in [-0.05, 0) is 31.1 Å². The van der Waals surface area contributed by atoms with Gasteiger partial charge >= 0.3 is 0 Å². The van der Waals surface area contributed by atoms with E-state index >= 15 is 0 Å². The Morgan fingerprint density at radius 2 is 1.80 bits per heavy atom. The summed E-state index contributed by atoms with van der Waals surface area (Å²) >= 11 is 0. The molecular formula is C16H27N3O5Si. The van der Waals surface area contributed by atoms with Crippen LogP contribution in [0.25, 0.3) is 0 Å². The highest BCUT2D eigenvalue weighted by Crippen LogP contribution is 2.37. The first-order valence-electron chi connectivity index (χ1n) is 8.15. The SMILES string of the molecule is CC(CNCc1ccc([N+](=O)[O-])cc1[N+](=O)[O-])O[Si](C)(C)C(C)(C)C. The molecule has 0 aromatic heterocycles. The molecular weight excluding hydrogens is 342 g/mol. The zero-order chi connectivity index (χ0) is 19.4. The van der Waals surface area contributed by atoms with Crippen molar-refractivity contribution in [2.45, 2.75) is 58.5 Å². The molecule has 1 aromatic carbocycles. The van der Waals surface area contributed by atoms with E-state index in [0.717, 1.165) is 6.07 Å². The molecule has 25 heavy (non-hydrogen) atoms. The van der Waals surface area contributed by atoms with Crippen LogP contribution >= 0.6 is 0 Å². The van der Waals surface area contributed by atoms with Crippen molar-refractivity contribution < 1.29 is 14.3 Å². The third-order valence-electron chi connectivity index (χ3n) is 4.53. The van der Waals surface area contributed by atoms with Crippen LogP contribution in [0.5, 0.6) is 0 Å². The Hall–Kier alpha value is -1.84. The molecule has 0 saturated heterocycles. The zero-order valence-electron chi connectivity index (χ0n) is 15.7. The van der Waals surface area contributed by atoms with E-state index in [9.17, 15) is 20.2 Å². The summed E-state index contributed by atoms with van der Waals surface area (Å²) in [5.74, 6) is 0. The molecule has 0 bridgehead atoms. The van der Waals surface area contributed by atoms with Gasteiger partial charge in [-0.1, -0.05) is 20.8 Å². The van der Waals surface area contributed by atoms with Gasteiger partial charge in [0.05, 0.1) is 22.0 Å². The van der Waals surface area contributed by atoms with Crippen LogP contribution in [-0.2, 0) is 11.0 Å². The third-order valence-corrected chi connectivity index (χ3v) is 9.13. The van der Waals surface area contributed by atoms with Gasteiger partial charge in [0.15, 0.2) is 8.32 Å². The van der Waals surface area contributed by atoms with Gasteiger partial charge in [0, 0.05) is 24.7 Å². The molecule has 1 N–H and O–H groups in total. The molecule has 0 radical (unpaired) electrons. The maximum absolute atomic E-state index is 11.1. The summed E-state index contributed by atoms with van der Waals surface area (Å²) in [7, 11) is -1.87. The summed E-state index contributed by atoms with van der Waals surface area (Å²) in [5.41, 5.74) is -0.125. The summed E-state index contributed by atoms with van der Waals surface area (Å²) < 4.78 is 6.22. The lowest BCUT2D eigenvalue weighted by Gasteiger charge is -2.38. The topological polar surface area (TPSA) is 108 Å². The Bertz CT molecular complexity index is 643. The van der Waals surface area contributed by atoms with E-state index in [-0.39, 0.29) is 29.1 Å². The smallest absolute Gasteiger partial charge is 0.280 e. The van der Waals surface area contributed by atoms with Gasteiger partial charge in [-0.25, -0.2) is 0 Å². The summed E-state index contributed by atoms with van der Waals surface area (Å²) in [6.45, 7) is 13.6. The molecule has 140 valence electrons. The first-order valence-corrected chi connectivity index (χ1v) is 11.1. The maximum Gasteiger partial charge on any atom is 0.280 e. The molecule has 0 aliphatic carbocycles. The van der Waals surface area contributed by atoms with E-state index in [0.29, 0.717) is 12.1 Å². The van der Waals surface area contributed by atoms with Gasteiger partial charge in [0.2, 0.25) is 0 Å². The fraction of sp³-hybridized carbons (Fsp3) is 0.625. The molecule has 0 aliphatic heterocycles. The molecule has 0 spiro atoms. The number of nitro groups is 2. The quantitative estimate of drug-likeness (QED) is 0.421. The molecule has 1 atom stereocenters. The average Bonchev–Trinajstić information content (AvgIpc) is 2.45. The van der Waals surface area contributed by atoms with E-state index in [1.54, 1.807) is 0 Å². The van der Waals surface area contributed by atoms with Crippen LogP contribution in [-0.4, -0.2) is 30.8 Å². The molecule has 1 aromatic rings. The number of rotatable bonds is 8. The molecule has 9 heteroatoms. The average molecular weight is 369 g/mol. The lowest BCUT2D eigenvalue weighted by Crippen LogP contribution is -2.45. The highest BCUT2D eigenvalue weighted by atomic mass is 28.4. The van der Waals surface area contributed by atoms with Crippen molar-refractivity contribution >= 4 is 19.7 Å². The first kappa shape index (κ1) is 21.2.